The third kappa shape index (κ3) is 2.00. The van der Waals surface area contributed by atoms with Crippen LogP contribution < -0.4 is 17.0 Å². The lowest BCUT2D eigenvalue weighted by Crippen LogP contribution is -3.00. The first-order chi connectivity index (χ1) is 8.40. The van der Waals surface area contributed by atoms with E-state index in [1.54, 1.807) is 0 Å². The lowest BCUT2D eigenvalue weighted by atomic mass is 10.2. The Bertz CT molecular complexity index is 644. The number of nitrogens with zero attached hydrogens (tertiary/aromatic N) is 2. The van der Waals surface area contributed by atoms with E-state index in [4.69, 9.17) is 0 Å². The molecule has 3 aromatic rings. The molecule has 0 aliphatic carbocycles. The van der Waals surface area contributed by atoms with Gasteiger partial charge in [-0.2, -0.15) is 4.40 Å². The molecule has 2 aromatic heterocycles. The number of halogens is 1. The van der Waals surface area contributed by atoms with E-state index in [0.29, 0.717) is 0 Å². The highest BCUT2D eigenvalue weighted by atomic mass is 35.5. The summed E-state index contributed by atoms with van der Waals surface area (Å²) in [5.41, 5.74) is 2.48. The van der Waals surface area contributed by atoms with Crippen LogP contribution in [0, 0.1) is 0 Å². The molecule has 0 fully saturated rings. The first kappa shape index (κ1) is 12.7. The maximum Gasteiger partial charge on any atom is 0.294 e. The Kier molecular flexibility index (Phi) is 3.68. The number of pyridine rings is 1. The van der Waals surface area contributed by atoms with Crippen LogP contribution in [0.25, 0.3) is 16.9 Å². The molecule has 1 aromatic carbocycles. The molecule has 0 saturated carbocycles. The second-order valence-corrected chi connectivity index (χ2v) is 4.10. The molecule has 0 saturated heterocycles. The van der Waals surface area contributed by atoms with Crippen LogP contribution in [0.5, 0.6) is 0 Å². The van der Waals surface area contributed by atoms with E-state index < -0.39 is 0 Å². The van der Waals surface area contributed by atoms with Crippen molar-refractivity contribution >= 4 is 5.52 Å². The maximum atomic E-state index is 2.28. The molecule has 3 heteroatoms. The number of rotatable bonds is 2. The Morgan fingerprint density at radius 3 is 2.44 bits per heavy atom. The molecule has 0 aliphatic heterocycles. The van der Waals surface area contributed by atoms with Crippen LogP contribution in [0.4, 0.5) is 0 Å². The molecule has 0 spiro atoms. The van der Waals surface area contributed by atoms with Crippen molar-refractivity contribution in [3.63, 3.8) is 0 Å². The van der Waals surface area contributed by atoms with E-state index in [-0.39, 0.29) is 12.4 Å². The maximum absolute atomic E-state index is 2.28. The first-order valence-corrected chi connectivity index (χ1v) is 5.95. The van der Waals surface area contributed by atoms with E-state index in [2.05, 4.69) is 76.8 Å². The van der Waals surface area contributed by atoms with Crippen molar-refractivity contribution in [2.24, 2.45) is 0 Å². The van der Waals surface area contributed by atoms with Crippen LogP contribution in [0.3, 0.4) is 0 Å². The smallest absolute Gasteiger partial charge is 0.294 e. The summed E-state index contributed by atoms with van der Waals surface area (Å²) in [7, 11) is 0. The van der Waals surface area contributed by atoms with Crippen LogP contribution >= 0.6 is 0 Å². The number of fused-ring (bicyclic) bond motifs is 1. The fraction of sp³-hybridized carbons (Fsp3) is 0.133. The van der Waals surface area contributed by atoms with E-state index in [0.717, 1.165) is 6.54 Å². The molecule has 0 bridgehead atoms. The Morgan fingerprint density at radius 1 is 1.00 bits per heavy atom. The molecule has 0 atom stereocenters. The van der Waals surface area contributed by atoms with Gasteiger partial charge in [0.2, 0.25) is 0 Å². The molecule has 18 heavy (non-hydrogen) atoms. The second kappa shape index (κ2) is 5.23. The molecular formula is C15H15ClN2. The summed E-state index contributed by atoms with van der Waals surface area (Å²) in [6.45, 7) is 3.15. The summed E-state index contributed by atoms with van der Waals surface area (Å²) in [5, 5.41) is 0. The predicted octanol–water partition coefficient (Wildman–Crippen LogP) is -0.0823. The van der Waals surface area contributed by atoms with Gasteiger partial charge < -0.3 is 12.4 Å². The topological polar surface area (TPSA) is 8.29 Å². The number of hydrogen-bond donors (Lipinski definition) is 0. The molecule has 2 heterocycles. The van der Waals surface area contributed by atoms with Crippen molar-refractivity contribution < 1.29 is 17.0 Å². The molecule has 0 aliphatic rings. The van der Waals surface area contributed by atoms with E-state index in [1.165, 1.54) is 16.9 Å². The van der Waals surface area contributed by atoms with Gasteiger partial charge in [-0.15, -0.1) is 0 Å². The largest absolute Gasteiger partial charge is 1.00 e. The third-order valence-electron chi connectivity index (χ3n) is 3.05. The lowest BCUT2D eigenvalue weighted by molar-refractivity contribution is -0.681. The summed E-state index contributed by atoms with van der Waals surface area (Å²) in [5.74, 6) is 1.24. The van der Waals surface area contributed by atoms with Crippen molar-refractivity contribution in [3.8, 4) is 11.4 Å². The molecule has 0 radical (unpaired) electrons. The van der Waals surface area contributed by atoms with Gasteiger partial charge in [0.1, 0.15) is 6.20 Å². The SMILES string of the molecule is CC[n+]1cc2ccccn2c1-c1ccccc1.[Cl-]. The highest BCUT2D eigenvalue weighted by Crippen LogP contribution is 2.17. The van der Waals surface area contributed by atoms with Gasteiger partial charge in [-0.05, 0) is 31.2 Å². The number of benzene rings is 1. The monoisotopic (exact) mass is 258 g/mol. The van der Waals surface area contributed by atoms with Crippen LogP contribution in [-0.4, -0.2) is 4.40 Å². The predicted molar refractivity (Wildman–Crippen MR) is 68.7 cm³/mol. The minimum absolute atomic E-state index is 0. The van der Waals surface area contributed by atoms with Crippen molar-refractivity contribution in [3.05, 3.63) is 60.9 Å². The summed E-state index contributed by atoms with van der Waals surface area (Å²) >= 11 is 0. The molecular weight excluding hydrogens is 244 g/mol. The zero-order valence-electron chi connectivity index (χ0n) is 10.3. The van der Waals surface area contributed by atoms with Gasteiger partial charge in [0, 0.05) is 0 Å². The Balaban J connectivity index is 0.00000120. The number of aryl methyl sites for hydroxylation is 1. The average molecular weight is 259 g/mol. The number of hydrogen-bond acceptors (Lipinski definition) is 0. The summed E-state index contributed by atoms with van der Waals surface area (Å²) < 4.78 is 4.52. The minimum Gasteiger partial charge on any atom is -1.00 e. The van der Waals surface area contributed by atoms with Crippen LogP contribution in [-0.2, 0) is 6.54 Å². The highest BCUT2D eigenvalue weighted by molar-refractivity contribution is 5.58. The average Bonchev–Trinajstić information content (AvgIpc) is 2.78. The quantitative estimate of drug-likeness (QED) is 0.569. The van der Waals surface area contributed by atoms with Crippen molar-refractivity contribution in [1.29, 1.82) is 0 Å². The summed E-state index contributed by atoms with van der Waals surface area (Å²) in [6.07, 6.45) is 4.31. The van der Waals surface area contributed by atoms with Gasteiger partial charge in [0.25, 0.3) is 5.82 Å². The van der Waals surface area contributed by atoms with Gasteiger partial charge in [0.15, 0.2) is 5.52 Å². The van der Waals surface area contributed by atoms with Crippen LogP contribution in [0.1, 0.15) is 6.92 Å². The van der Waals surface area contributed by atoms with E-state index in [9.17, 15) is 0 Å². The molecule has 92 valence electrons. The minimum atomic E-state index is 0. The van der Waals surface area contributed by atoms with Crippen molar-refractivity contribution in [2.45, 2.75) is 13.5 Å². The van der Waals surface area contributed by atoms with Gasteiger partial charge in [-0.25, -0.2) is 4.57 Å². The molecule has 0 amide bonds. The summed E-state index contributed by atoms with van der Waals surface area (Å²) in [6, 6.07) is 16.8. The Morgan fingerprint density at radius 2 is 1.72 bits per heavy atom. The van der Waals surface area contributed by atoms with Gasteiger partial charge in [-0.1, -0.05) is 24.3 Å². The van der Waals surface area contributed by atoms with E-state index >= 15 is 0 Å². The van der Waals surface area contributed by atoms with Crippen LogP contribution in [0.2, 0.25) is 0 Å². The molecule has 3 rings (SSSR count). The van der Waals surface area contributed by atoms with Crippen LogP contribution in [0.15, 0.2) is 60.9 Å². The zero-order chi connectivity index (χ0) is 11.7. The highest BCUT2D eigenvalue weighted by Gasteiger charge is 2.17. The van der Waals surface area contributed by atoms with Gasteiger partial charge >= 0.3 is 0 Å². The van der Waals surface area contributed by atoms with Crippen molar-refractivity contribution in [2.75, 3.05) is 0 Å². The summed E-state index contributed by atoms with van der Waals surface area (Å²) in [4.78, 5) is 0. The second-order valence-electron chi connectivity index (χ2n) is 4.10. The lowest BCUT2D eigenvalue weighted by Gasteiger charge is -1.98. The normalized spacial score (nSPS) is 10.3. The standard InChI is InChI=1S/C15H15N2.ClH/c1-2-16-12-14-10-6-7-11-17(14)15(16)13-8-4-3-5-9-13;/h3-12H,2H2,1H3;1H/q+1;/p-1. The van der Waals surface area contributed by atoms with Crippen molar-refractivity contribution in [1.82, 2.24) is 4.40 Å². The Hall–Kier alpha value is -1.80. The Labute approximate surface area is 113 Å². The fourth-order valence-electron chi connectivity index (χ4n) is 2.25. The molecule has 2 nitrogen and oxygen atoms in total. The van der Waals surface area contributed by atoms with Gasteiger partial charge in [0.05, 0.1) is 18.3 Å². The molecule has 0 N–H and O–H groups in total. The molecule has 0 unspecified atom stereocenters. The number of aromatic nitrogens is 2. The van der Waals surface area contributed by atoms with Gasteiger partial charge in [-0.3, -0.25) is 0 Å². The fourth-order valence-corrected chi connectivity index (χ4v) is 2.25. The number of imidazole rings is 1. The third-order valence-corrected chi connectivity index (χ3v) is 3.05. The zero-order valence-corrected chi connectivity index (χ0v) is 11.0. The first-order valence-electron chi connectivity index (χ1n) is 5.95. The van der Waals surface area contributed by atoms with E-state index in [1.807, 2.05) is 0 Å².